The highest BCUT2D eigenvalue weighted by molar-refractivity contribution is 5.92. The molecule has 8 N–H and O–H groups in total. The standard InChI is InChI=1S/C18H30N6O6/c1-4-9(2)15(24-16(27)14(19)10(3)25)17(28)21-7-13(26)23-12(18(29)30)5-11-6-20-8-22-11/h6,8-10,12,14-15,25H,4-5,7,19H2,1-3H3,(H,20,22)(H,21,28)(H,23,26)(H,24,27)(H,29,30). The van der Waals surface area contributed by atoms with Crippen LogP contribution in [-0.2, 0) is 25.6 Å². The van der Waals surface area contributed by atoms with Gasteiger partial charge in [-0.15, -0.1) is 0 Å². The molecule has 5 atom stereocenters. The predicted octanol–water partition coefficient (Wildman–Crippen LogP) is -2.12. The Kier molecular flexibility index (Phi) is 9.92. The SMILES string of the molecule is CCC(C)C(NC(=O)C(N)C(C)O)C(=O)NCC(=O)NC(Cc1cnc[nH]1)C(=O)O. The Hall–Kier alpha value is -2.99. The van der Waals surface area contributed by atoms with Crippen molar-refractivity contribution in [2.45, 2.75) is 57.8 Å². The summed E-state index contributed by atoms with van der Waals surface area (Å²) in [7, 11) is 0. The van der Waals surface area contributed by atoms with Crippen LogP contribution < -0.4 is 21.7 Å². The Labute approximate surface area is 174 Å². The molecule has 0 saturated heterocycles. The number of nitrogens with zero attached hydrogens (tertiary/aromatic N) is 1. The molecule has 0 aliphatic carbocycles. The number of carbonyl (C=O) groups is 4. The molecule has 3 amide bonds. The third-order valence-corrected chi connectivity index (χ3v) is 4.65. The molecule has 1 aromatic heterocycles. The second kappa shape index (κ2) is 11.9. The summed E-state index contributed by atoms with van der Waals surface area (Å²) in [6.45, 7) is 4.45. The maximum absolute atomic E-state index is 12.5. The number of aliphatic hydroxyl groups is 1. The summed E-state index contributed by atoms with van der Waals surface area (Å²) in [5.41, 5.74) is 6.12. The van der Waals surface area contributed by atoms with Gasteiger partial charge in [-0.1, -0.05) is 20.3 Å². The minimum absolute atomic E-state index is 0.00218. The van der Waals surface area contributed by atoms with Gasteiger partial charge in [0.05, 0.1) is 19.0 Å². The predicted molar refractivity (Wildman–Crippen MR) is 106 cm³/mol. The van der Waals surface area contributed by atoms with Gasteiger partial charge in [-0.3, -0.25) is 14.4 Å². The Morgan fingerprint density at radius 2 is 1.87 bits per heavy atom. The van der Waals surface area contributed by atoms with Crippen LogP contribution in [0, 0.1) is 5.92 Å². The van der Waals surface area contributed by atoms with Crippen LogP contribution in [0.3, 0.4) is 0 Å². The Balaban J connectivity index is 2.66. The zero-order valence-electron chi connectivity index (χ0n) is 17.2. The van der Waals surface area contributed by atoms with E-state index in [-0.39, 0.29) is 12.3 Å². The van der Waals surface area contributed by atoms with Crippen molar-refractivity contribution in [3.8, 4) is 0 Å². The minimum atomic E-state index is -1.24. The summed E-state index contributed by atoms with van der Waals surface area (Å²) in [5, 5.41) is 25.9. The highest BCUT2D eigenvalue weighted by atomic mass is 16.4. The number of aromatic amines is 1. The lowest BCUT2D eigenvalue weighted by atomic mass is 9.97. The molecule has 12 nitrogen and oxygen atoms in total. The molecular weight excluding hydrogens is 396 g/mol. The highest BCUT2D eigenvalue weighted by Gasteiger charge is 2.30. The van der Waals surface area contributed by atoms with E-state index in [0.29, 0.717) is 12.1 Å². The molecule has 5 unspecified atom stereocenters. The number of aliphatic hydroxyl groups excluding tert-OH is 1. The number of amides is 3. The van der Waals surface area contributed by atoms with Crippen molar-refractivity contribution in [3.05, 3.63) is 18.2 Å². The van der Waals surface area contributed by atoms with Gasteiger partial charge in [0, 0.05) is 18.3 Å². The number of aliphatic carboxylic acids is 1. The monoisotopic (exact) mass is 426 g/mol. The van der Waals surface area contributed by atoms with Crippen molar-refractivity contribution in [2.75, 3.05) is 6.54 Å². The molecule has 12 heteroatoms. The van der Waals surface area contributed by atoms with E-state index in [4.69, 9.17) is 5.73 Å². The molecular formula is C18H30N6O6. The van der Waals surface area contributed by atoms with E-state index in [1.807, 2.05) is 6.92 Å². The Morgan fingerprint density at radius 1 is 1.20 bits per heavy atom. The summed E-state index contributed by atoms with van der Waals surface area (Å²) < 4.78 is 0. The number of aromatic nitrogens is 2. The molecule has 1 heterocycles. The molecule has 1 aromatic rings. The molecule has 0 saturated carbocycles. The van der Waals surface area contributed by atoms with Gasteiger partial charge < -0.3 is 36.9 Å². The Bertz CT molecular complexity index is 723. The third-order valence-electron chi connectivity index (χ3n) is 4.65. The summed E-state index contributed by atoms with van der Waals surface area (Å²) in [5.74, 6) is -3.52. The van der Waals surface area contributed by atoms with E-state index < -0.39 is 54.5 Å². The summed E-state index contributed by atoms with van der Waals surface area (Å²) in [6.07, 6.45) is 2.29. The molecule has 1 rings (SSSR count). The summed E-state index contributed by atoms with van der Waals surface area (Å²) >= 11 is 0. The van der Waals surface area contributed by atoms with Crippen LogP contribution in [-0.4, -0.2) is 74.6 Å². The first kappa shape index (κ1) is 25.0. The van der Waals surface area contributed by atoms with Crippen LogP contribution in [0.25, 0.3) is 0 Å². The van der Waals surface area contributed by atoms with Gasteiger partial charge in [0.1, 0.15) is 18.1 Å². The molecule has 0 bridgehead atoms. The van der Waals surface area contributed by atoms with Crippen LogP contribution in [0.15, 0.2) is 12.5 Å². The first-order valence-corrected chi connectivity index (χ1v) is 9.57. The fourth-order valence-electron chi connectivity index (χ4n) is 2.51. The average molecular weight is 426 g/mol. The number of hydrogen-bond acceptors (Lipinski definition) is 7. The molecule has 168 valence electrons. The van der Waals surface area contributed by atoms with Crippen molar-refractivity contribution >= 4 is 23.7 Å². The summed E-state index contributed by atoms with van der Waals surface area (Å²) in [4.78, 5) is 54.6. The van der Waals surface area contributed by atoms with Gasteiger partial charge in [-0.2, -0.15) is 0 Å². The molecule has 0 fully saturated rings. The first-order chi connectivity index (χ1) is 14.1. The van der Waals surface area contributed by atoms with Crippen LogP contribution in [0.2, 0.25) is 0 Å². The van der Waals surface area contributed by atoms with Crippen molar-refractivity contribution in [2.24, 2.45) is 11.7 Å². The topological polar surface area (TPSA) is 200 Å². The van der Waals surface area contributed by atoms with Crippen molar-refractivity contribution in [3.63, 3.8) is 0 Å². The number of carboxylic acid groups (broad SMARTS) is 1. The van der Waals surface area contributed by atoms with Gasteiger partial charge in [0.2, 0.25) is 17.7 Å². The fourth-order valence-corrected chi connectivity index (χ4v) is 2.51. The largest absolute Gasteiger partial charge is 0.480 e. The smallest absolute Gasteiger partial charge is 0.326 e. The number of nitrogens with one attached hydrogen (secondary N) is 4. The molecule has 0 aliphatic rings. The normalized spacial score (nSPS) is 15.9. The van der Waals surface area contributed by atoms with Crippen molar-refractivity contribution in [1.29, 1.82) is 0 Å². The maximum atomic E-state index is 12.5. The van der Waals surface area contributed by atoms with Gasteiger partial charge in [0.15, 0.2) is 0 Å². The van der Waals surface area contributed by atoms with Gasteiger partial charge in [-0.05, 0) is 12.8 Å². The Morgan fingerprint density at radius 3 is 2.37 bits per heavy atom. The molecule has 30 heavy (non-hydrogen) atoms. The average Bonchev–Trinajstić information content (AvgIpc) is 3.21. The van der Waals surface area contributed by atoms with Gasteiger partial charge in [-0.25, -0.2) is 9.78 Å². The van der Waals surface area contributed by atoms with Crippen LogP contribution >= 0.6 is 0 Å². The van der Waals surface area contributed by atoms with E-state index in [1.54, 1.807) is 6.92 Å². The van der Waals surface area contributed by atoms with Crippen LogP contribution in [0.4, 0.5) is 0 Å². The fraction of sp³-hybridized carbons (Fsp3) is 0.611. The lowest BCUT2D eigenvalue weighted by molar-refractivity contribution is -0.141. The zero-order valence-corrected chi connectivity index (χ0v) is 17.2. The number of nitrogens with two attached hydrogens (primary N) is 1. The number of hydrogen-bond donors (Lipinski definition) is 7. The van der Waals surface area contributed by atoms with Crippen molar-refractivity contribution < 1.29 is 29.4 Å². The second-order valence-electron chi connectivity index (χ2n) is 7.10. The molecule has 0 aromatic carbocycles. The van der Waals surface area contributed by atoms with E-state index in [0.717, 1.165) is 0 Å². The number of imidazole rings is 1. The second-order valence-corrected chi connectivity index (χ2v) is 7.10. The quantitative estimate of drug-likeness (QED) is 0.196. The zero-order chi connectivity index (χ0) is 22.8. The molecule has 0 aliphatic heterocycles. The van der Waals surface area contributed by atoms with Gasteiger partial charge >= 0.3 is 5.97 Å². The number of H-pyrrole nitrogens is 1. The minimum Gasteiger partial charge on any atom is -0.480 e. The highest BCUT2D eigenvalue weighted by Crippen LogP contribution is 2.08. The summed E-state index contributed by atoms with van der Waals surface area (Å²) in [6, 6.07) is -3.38. The lowest BCUT2D eigenvalue weighted by Crippen LogP contribution is -2.57. The van der Waals surface area contributed by atoms with E-state index >= 15 is 0 Å². The van der Waals surface area contributed by atoms with E-state index in [2.05, 4.69) is 25.9 Å². The van der Waals surface area contributed by atoms with E-state index in [1.165, 1.54) is 19.4 Å². The number of rotatable bonds is 12. The third kappa shape index (κ3) is 7.79. The lowest BCUT2D eigenvalue weighted by Gasteiger charge is -2.25. The number of carboxylic acids is 1. The van der Waals surface area contributed by atoms with Gasteiger partial charge in [0.25, 0.3) is 0 Å². The molecule has 0 spiro atoms. The van der Waals surface area contributed by atoms with Crippen LogP contribution in [0.1, 0.15) is 32.9 Å². The van der Waals surface area contributed by atoms with Crippen LogP contribution in [0.5, 0.6) is 0 Å². The van der Waals surface area contributed by atoms with E-state index in [9.17, 15) is 29.4 Å². The first-order valence-electron chi connectivity index (χ1n) is 9.57. The van der Waals surface area contributed by atoms with Crippen molar-refractivity contribution in [1.82, 2.24) is 25.9 Å². The maximum Gasteiger partial charge on any atom is 0.326 e. The molecule has 0 radical (unpaired) electrons. The number of carbonyl (C=O) groups excluding carboxylic acids is 3.